The number of nitrogen functional groups attached to an aromatic ring is 1. The number of hydrogen-bond acceptors (Lipinski definition) is 6. The maximum Gasteiger partial charge on any atom is 0.237 e. The maximum absolute atomic E-state index is 13.6. The molecular weight excluding hydrogens is 440 g/mol. The molecule has 0 aliphatic carbocycles. The van der Waals surface area contributed by atoms with Gasteiger partial charge in [0, 0.05) is 0 Å². The van der Waals surface area contributed by atoms with Crippen LogP contribution in [0, 0.1) is 5.82 Å². The molecule has 2 aromatic carbocycles. The van der Waals surface area contributed by atoms with Crippen molar-refractivity contribution in [3.8, 4) is 5.75 Å². The largest absolute Gasteiger partial charge is 0.482 e. The van der Waals surface area contributed by atoms with Crippen LogP contribution in [0.15, 0.2) is 47.6 Å². The molecule has 3 aromatic rings. The summed E-state index contributed by atoms with van der Waals surface area (Å²) in [5.41, 5.74) is 0.407. The van der Waals surface area contributed by atoms with Gasteiger partial charge in [-0.1, -0.05) is 53.2 Å². The van der Waals surface area contributed by atoms with Crippen molar-refractivity contribution in [2.45, 2.75) is 23.9 Å². The fourth-order valence-electron chi connectivity index (χ4n) is 2.24. The molecule has 0 saturated carbocycles. The quantitative estimate of drug-likeness (QED) is 0.410. The molecule has 29 heavy (non-hydrogen) atoms. The topological polar surface area (TPSA) is 95.1 Å². The number of ether oxygens (including phenoxy) is 1. The average Bonchev–Trinajstić information content (AvgIpc) is 3.04. The van der Waals surface area contributed by atoms with Gasteiger partial charge < -0.3 is 15.9 Å². The van der Waals surface area contributed by atoms with Crippen LogP contribution >= 0.6 is 35.0 Å². The van der Waals surface area contributed by atoms with Gasteiger partial charge in [0.1, 0.15) is 6.61 Å². The van der Waals surface area contributed by atoms with Crippen molar-refractivity contribution in [3.63, 3.8) is 0 Å². The van der Waals surface area contributed by atoms with Crippen LogP contribution in [0.2, 0.25) is 10.0 Å². The normalized spacial score (nSPS) is 11.9. The zero-order valence-corrected chi connectivity index (χ0v) is 17.4. The minimum Gasteiger partial charge on any atom is -0.482 e. The van der Waals surface area contributed by atoms with Crippen LogP contribution in [0.25, 0.3) is 0 Å². The number of thioether (sulfide) groups is 1. The Morgan fingerprint density at radius 1 is 1.28 bits per heavy atom. The van der Waals surface area contributed by atoms with Crippen LogP contribution in [-0.4, -0.2) is 26.0 Å². The Bertz CT molecular complexity index is 1030. The Morgan fingerprint density at radius 3 is 2.79 bits per heavy atom. The van der Waals surface area contributed by atoms with E-state index >= 15 is 0 Å². The lowest BCUT2D eigenvalue weighted by molar-refractivity contribution is -0.115. The van der Waals surface area contributed by atoms with Crippen molar-refractivity contribution in [3.05, 3.63) is 64.2 Å². The molecule has 0 aliphatic rings. The number of para-hydroxylation sites is 1. The minimum atomic E-state index is -0.558. The Morgan fingerprint density at radius 2 is 2.03 bits per heavy atom. The fraction of sp³-hybridized carbons (Fsp3) is 0.167. The Balaban J connectivity index is 1.62. The van der Waals surface area contributed by atoms with Crippen LogP contribution < -0.4 is 15.9 Å². The molecular formula is C18H16Cl2FN5O2S. The monoisotopic (exact) mass is 455 g/mol. The van der Waals surface area contributed by atoms with Crippen molar-refractivity contribution >= 4 is 46.6 Å². The Labute approximate surface area is 180 Å². The molecule has 0 saturated heterocycles. The summed E-state index contributed by atoms with van der Waals surface area (Å²) in [6.07, 6.45) is 0. The van der Waals surface area contributed by atoms with Crippen molar-refractivity contribution in [2.75, 3.05) is 11.2 Å². The van der Waals surface area contributed by atoms with Gasteiger partial charge in [-0.15, -0.1) is 10.2 Å². The number of carbonyl (C=O) groups is 1. The van der Waals surface area contributed by atoms with E-state index in [1.54, 1.807) is 37.3 Å². The van der Waals surface area contributed by atoms with Crippen molar-refractivity contribution in [2.24, 2.45) is 0 Å². The number of nitrogens with one attached hydrogen (secondary N) is 1. The van der Waals surface area contributed by atoms with Crippen LogP contribution in [0.1, 0.15) is 12.7 Å². The molecule has 1 heterocycles. The summed E-state index contributed by atoms with van der Waals surface area (Å²) in [5.74, 6) is 5.53. The molecule has 3 N–H and O–H groups in total. The van der Waals surface area contributed by atoms with Gasteiger partial charge in [0.2, 0.25) is 11.1 Å². The number of halogens is 3. The predicted octanol–water partition coefficient (Wildman–Crippen LogP) is 4.14. The third-order valence-corrected chi connectivity index (χ3v) is 5.67. The SMILES string of the molecule is CC(Sc1nnc(COc2ccccc2F)n1N)C(=O)Nc1cccc(Cl)c1Cl. The zero-order chi connectivity index (χ0) is 21.0. The van der Waals surface area contributed by atoms with Crippen LogP contribution in [0.5, 0.6) is 5.75 Å². The highest BCUT2D eigenvalue weighted by Crippen LogP contribution is 2.30. The summed E-state index contributed by atoms with van der Waals surface area (Å²) in [5, 5.41) is 10.9. The van der Waals surface area contributed by atoms with E-state index in [0.717, 1.165) is 11.8 Å². The molecule has 1 atom stereocenters. The summed E-state index contributed by atoms with van der Waals surface area (Å²) in [6.45, 7) is 1.60. The molecule has 3 rings (SSSR count). The number of benzene rings is 2. The lowest BCUT2D eigenvalue weighted by Crippen LogP contribution is -2.24. The highest BCUT2D eigenvalue weighted by Gasteiger charge is 2.21. The van der Waals surface area contributed by atoms with E-state index in [9.17, 15) is 9.18 Å². The summed E-state index contributed by atoms with van der Waals surface area (Å²) in [6, 6.07) is 10.9. The lowest BCUT2D eigenvalue weighted by atomic mass is 10.3. The highest BCUT2D eigenvalue weighted by molar-refractivity contribution is 8.00. The first-order valence-electron chi connectivity index (χ1n) is 8.35. The zero-order valence-electron chi connectivity index (χ0n) is 15.1. The summed E-state index contributed by atoms with van der Waals surface area (Å²) in [7, 11) is 0. The van der Waals surface area contributed by atoms with Crippen LogP contribution in [-0.2, 0) is 11.4 Å². The third kappa shape index (κ3) is 5.11. The number of anilines is 1. The second-order valence-corrected chi connectivity index (χ2v) is 7.93. The summed E-state index contributed by atoms with van der Waals surface area (Å²) >= 11 is 13.1. The van der Waals surface area contributed by atoms with Gasteiger partial charge in [-0.25, -0.2) is 9.07 Å². The van der Waals surface area contributed by atoms with Gasteiger partial charge in [-0.3, -0.25) is 4.79 Å². The average molecular weight is 456 g/mol. The highest BCUT2D eigenvalue weighted by atomic mass is 35.5. The molecule has 0 aliphatic heterocycles. The molecule has 152 valence electrons. The third-order valence-electron chi connectivity index (χ3n) is 3.79. The first kappa shape index (κ1) is 21.2. The van der Waals surface area contributed by atoms with Crippen molar-refractivity contribution in [1.29, 1.82) is 0 Å². The fourth-order valence-corrected chi connectivity index (χ4v) is 3.37. The van der Waals surface area contributed by atoms with E-state index in [-0.39, 0.29) is 29.1 Å². The summed E-state index contributed by atoms with van der Waals surface area (Å²) < 4.78 is 20.2. The molecule has 1 unspecified atom stereocenters. The van der Waals surface area contributed by atoms with Gasteiger partial charge in [-0.05, 0) is 31.2 Å². The molecule has 1 amide bonds. The Kier molecular flexibility index (Phi) is 6.83. The van der Waals surface area contributed by atoms with Crippen LogP contribution in [0.4, 0.5) is 10.1 Å². The first-order valence-corrected chi connectivity index (χ1v) is 9.98. The van der Waals surface area contributed by atoms with Gasteiger partial charge in [0.05, 0.1) is 21.0 Å². The van der Waals surface area contributed by atoms with Crippen LogP contribution in [0.3, 0.4) is 0 Å². The molecule has 11 heteroatoms. The van der Waals surface area contributed by atoms with Gasteiger partial charge in [-0.2, -0.15) is 0 Å². The smallest absolute Gasteiger partial charge is 0.237 e. The number of aromatic nitrogens is 3. The lowest BCUT2D eigenvalue weighted by Gasteiger charge is -2.13. The predicted molar refractivity (Wildman–Crippen MR) is 111 cm³/mol. The van der Waals surface area contributed by atoms with E-state index in [4.69, 9.17) is 33.8 Å². The molecule has 0 fully saturated rings. The number of amides is 1. The van der Waals surface area contributed by atoms with E-state index in [1.807, 2.05) is 0 Å². The molecule has 0 bridgehead atoms. The number of nitrogens with two attached hydrogens (primary N) is 1. The van der Waals surface area contributed by atoms with E-state index in [1.165, 1.54) is 16.8 Å². The van der Waals surface area contributed by atoms with E-state index in [0.29, 0.717) is 15.9 Å². The van der Waals surface area contributed by atoms with Crippen molar-refractivity contribution in [1.82, 2.24) is 14.9 Å². The van der Waals surface area contributed by atoms with E-state index in [2.05, 4.69) is 15.5 Å². The maximum atomic E-state index is 13.6. The van der Waals surface area contributed by atoms with Gasteiger partial charge in [0.15, 0.2) is 17.4 Å². The molecule has 0 spiro atoms. The number of hydrogen-bond donors (Lipinski definition) is 2. The first-order chi connectivity index (χ1) is 13.9. The summed E-state index contributed by atoms with van der Waals surface area (Å²) in [4.78, 5) is 12.4. The molecule has 7 nitrogen and oxygen atoms in total. The second-order valence-electron chi connectivity index (χ2n) is 5.84. The van der Waals surface area contributed by atoms with E-state index < -0.39 is 11.1 Å². The number of rotatable bonds is 7. The molecule has 0 radical (unpaired) electrons. The van der Waals surface area contributed by atoms with Gasteiger partial charge in [0.25, 0.3) is 0 Å². The minimum absolute atomic E-state index is 0.0795. The van der Waals surface area contributed by atoms with Crippen molar-refractivity contribution < 1.29 is 13.9 Å². The number of nitrogens with zero attached hydrogens (tertiary/aromatic N) is 3. The standard InChI is InChI=1S/C18H16Cl2FN5O2S/c1-10(17(27)23-13-7-4-5-11(19)16(13)20)29-18-25-24-15(26(18)22)9-28-14-8-3-2-6-12(14)21/h2-8,10H,9,22H2,1H3,(H,23,27). The molecule has 1 aromatic heterocycles. The second kappa shape index (κ2) is 9.34. The number of carbonyl (C=O) groups excluding carboxylic acids is 1. The Hall–Kier alpha value is -2.49. The van der Waals surface area contributed by atoms with Gasteiger partial charge >= 0.3 is 0 Å².